The van der Waals surface area contributed by atoms with Gasteiger partial charge in [-0.05, 0) is 31.9 Å². The van der Waals surface area contributed by atoms with Crippen molar-refractivity contribution in [2.24, 2.45) is 0 Å². The van der Waals surface area contributed by atoms with Gasteiger partial charge in [-0.3, -0.25) is 4.79 Å². The molecule has 1 N–H and O–H groups in total. The second kappa shape index (κ2) is 5.50. The number of aromatic nitrogens is 1. The maximum atomic E-state index is 12.1. The van der Waals surface area contributed by atoms with Crippen LogP contribution in [-0.2, 0) is 4.74 Å². The average molecular weight is 276 g/mol. The average Bonchev–Trinajstić information content (AvgIpc) is 3.19. The molecule has 0 unspecified atom stereocenters. The molecular weight excluding hydrogens is 260 g/mol. The number of amides is 1. The quantitative estimate of drug-likeness (QED) is 0.926. The number of furan rings is 1. The Morgan fingerprint density at radius 1 is 1.50 bits per heavy atom. The Balaban J connectivity index is 1.65. The first-order valence-corrected chi connectivity index (χ1v) is 6.67. The fourth-order valence-electron chi connectivity index (χ4n) is 2.29. The first-order valence-electron chi connectivity index (χ1n) is 6.67. The maximum absolute atomic E-state index is 12.1. The molecule has 1 aliphatic heterocycles. The Bertz CT molecular complexity index is 570. The van der Waals surface area contributed by atoms with Crippen molar-refractivity contribution in [3.05, 3.63) is 30.2 Å². The first kappa shape index (κ1) is 12.9. The van der Waals surface area contributed by atoms with Crippen LogP contribution in [0.5, 0.6) is 0 Å². The van der Waals surface area contributed by atoms with E-state index in [9.17, 15) is 4.79 Å². The van der Waals surface area contributed by atoms with Crippen LogP contribution in [0.2, 0.25) is 0 Å². The lowest BCUT2D eigenvalue weighted by Gasteiger charge is -2.19. The summed E-state index contributed by atoms with van der Waals surface area (Å²) in [6.07, 6.45) is 3.63. The molecule has 1 amide bonds. The van der Waals surface area contributed by atoms with Gasteiger partial charge in [0.1, 0.15) is 0 Å². The van der Waals surface area contributed by atoms with Gasteiger partial charge in [0.15, 0.2) is 11.5 Å². The molecule has 0 aromatic carbocycles. The van der Waals surface area contributed by atoms with Crippen LogP contribution in [0.4, 0.5) is 0 Å². The molecule has 20 heavy (non-hydrogen) atoms. The summed E-state index contributed by atoms with van der Waals surface area (Å²) in [5.74, 6) is 0.711. The summed E-state index contributed by atoms with van der Waals surface area (Å²) < 4.78 is 15.8. The van der Waals surface area contributed by atoms with Gasteiger partial charge in [0.05, 0.1) is 18.4 Å². The number of carbonyl (C=O) groups excluding carboxylic acids is 1. The molecule has 6 nitrogen and oxygen atoms in total. The molecule has 0 aliphatic carbocycles. The number of carbonyl (C=O) groups is 1. The molecule has 3 rings (SSSR count). The Hall–Kier alpha value is -2.08. The lowest BCUT2D eigenvalue weighted by molar-refractivity contribution is 0.0707. The third-order valence-corrected chi connectivity index (χ3v) is 3.39. The first-order chi connectivity index (χ1) is 9.74. The van der Waals surface area contributed by atoms with Crippen molar-refractivity contribution < 1.29 is 18.5 Å². The zero-order valence-corrected chi connectivity index (χ0v) is 11.2. The molecule has 6 heteroatoms. The highest BCUT2D eigenvalue weighted by Crippen LogP contribution is 2.21. The highest BCUT2D eigenvalue weighted by Gasteiger charge is 2.25. The number of nitrogens with zero attached hydrogens (tertiary/aromatic N) is 1. The SMILES string of the molecule is C[C@H](NC(=O)c1cc(-c2ccco2)on1)[C@H]1CCCO1. The Morgan fingerprint density at radius 2 is 2.40 bits per heavy atom. The molecule has 0 saturated carbocycles. The van der Waals surface area contributed by atoms with E-state index in [1.54, 1.807) is 18.2 Å². The summed E-state index contributed by atoms with van der Waals surface area (Å²) in [7, 11) is 0. The number of rotatable bonds is 4. The molecule has 2 atom stereocenters. The molecule has 2 aromatic rings. The van der Waals surface area contributed by atoms with Crippen molar-refractivity contribution in [2.75, 3.05) is 6.61 Å². The highest BCUT2D eigenvalue weighted by molar-refractivity contribution is 5.93. The van der Waals surface area contributed by atoms with E-state index in [0.717, 1.165) is 19.4 Å². The van der Waals surface area contributed by atoms with Crippen molar-refractivity contribution in [1.82, 2.24) is 10.5 Å². The smallest absolute Gasteiger partial charge is 0.273 e. The third kappa shape index (κ3) is 2.60. The molecule has 3 heterocycles. The van der Waals surface area contributed by atoms with E-state index in [1.165, 1.54) is 6.26 Å². The summed E-state index contributed by atoms with van der Waals surface area (Å²) in [5, 5.41) is 6.64. The van der Waals surface area contributed by atoms with Crippen LogP contribution in [0.1, 0.15) is 30.3 Å². The molecule has 1 saturated heterocycles. The van der Waals surface area contributed by atoms with Crippen LogP contribution in [0.25, 0.3) is 11.5 Å². The van der Waals surface area contributed by atoms with Gasteiger partial charge in [-0.2, -0.15) is 0 Å². The normalized spacial score (nSPS) is 19.9. The van der Waals surface area contributed by atoms with Crippen LogP contribution < -0.4 is 5.32 Å². The van der Waals surface area contributed by atoms with E-state index in [2.05, 4.69) is 10.5 Å². The van der Waals surface area contributed by atoms with E-state index in [4.69, 9.17) is 13.7 Å². The van der Waals surface area contributed by atoms with E-state index in [-0.39, 0.29) is 23.7 Å². The largest absolute Gasteiger partial charge is 0.461 e. The second-order valence-corrected chi connectivity index (χ2v) is 4.87. The van der Waals surface area contributed by atoms with E-state index in [0.29, 0.717) is 11.5 Å². The summed E-state index contributed by atoms with van der Waals surface area (Å²) in [6, 6.07) is 5.01. The summed E-state index contributed by atoms with van der Waals surface area (Å²) in [5.41, 5.74) is 0.237. The van der Waals surface area contributed by atoms with E-state index < -0.39 is 0 Å². The van der Waals surface area contributed by atoms with Crippen LogP contribution in [0.3, 0.4) is 0 Å². The number of hydrogen-bond acceptors (Lipinski definition) is 5. The van der Waals surface area contributed by atoms with Crippen LogP contribution in [0.15, 0.2) is 33.4 Å². The fourth-order valence-corrected chi connectivity index (χ4v) is 2.29. The molecule has 106 valence electrons. The minimum Gasteiger partial charge on any atom is -0.461 e. The third-order valence-electron chi connectivity index (χ3n) is 3.39. The van der Waals surface area contributed by atoms with Crippen molar-refractivity contribution in [2.45, 2.75) is 31.9 Å². The number of ether oxygens (including phenoxy) is 1. The van der Waals surface area contributed by atoms with Crippen LogP contribution >= 0.6 is 0 Å². The Kier molecular flexibility index (Phi) is 3.56. The van der Waals surface area contributed by atoms with Crippen LogP contribution in [0, 0.1) is 0 Å². The Morgan fingerprint density at radius 3 is 3.10 bits per heavy atom. The predicted molar refractivity (Wildman–Crippen MR) is 70.1 cm³/mol. The summed E-state index contributed by atoms with van der Waals surface area (Å²) in [6.45, 7) is 2.69. The zero-order valence-electron chi connectivity index (χ0n) is 11.2. The monoisotopic (exact) mass is 276 g/mol. The van der Waals surface area contributed by atoms with Gasteiger partial charge in [-0.1, -0.05) is 5.16 Å². The topological polar surface area (TPSA) is 77.5 Å². The van der Waals surface area contributed by atoms with Gasteiger partial charge in [0.2, 0.25) is 5.76 Å². The summed E-state index contributed by atoms with van der Waals surface area (Å²) >= 11 is 0. The van der Waals surface area contributed by atoms with Crippen molar-refractivity contribution in [1.29, 1.82) is 0 Å². The molecule has 0 spiro atoms. The fraction of sp³-hybridized carbons (Fsp3) is 0.429. The standard InChI is InChI=1S/C14H16N2O4/c1-9(11-4-2-6-18-11)15-14(17)10-8-13(20-16-10)12-5-3-7-19-12/h3,5,7-9,11H,2,4,6H2,1H3,(H,15,17)/t9-,11+/m0/s1. The lowest BCUT2D eigenvalue weighted by Crippen LogP contribution is -2.40. The molecule has 2 aromatic heterocycles. The van der Waals surface area contributed by atoms with E-state index in [1.807, 2.05) is 6.92 Å². The van der Waals surface area contributed by atoms with Gasteiger partial charge in [0.25, 0.3) is 5.91 Å². The maximum Gasteiger partial charge on any atom is 0.273 e. The minimum atomic E-state index is -0.269. The molecular formula is C14H16N2O4. The van der Waals surface area contributed by atoms with Crippen LogP contribution in [-0.4, -0.2) is 29.8 Å². The van der Waals surface area contributed by atoms with Crippen molar-refractivity contribution in [3.8, 4) is 11.5 Å². The number of hydrogen-bond donors (Lipinski definition) is 1. The number of nitrogens with one attached hydrogen (secondary N) is 1. The lowest BCUT2D eigenvalue weighted by atomic mass is 10.1. The molecule has 0 radical (unpaired) electrons. The molecule has 1 fully saturated rings. The van der Waals surface area contributed by atoms with E-state index >= 15 is 0 Å². The summed E-state index contributed by atoms with van der Waals surface area (Å²) in [4.78, 5) is 12.1. The van der Waals surface area contributed by atoms with Crippen molar-refractivity contribution >= 4 is 5.91 Å². The van der Waals surface area contributed by atoms with Gasteiger partial charge >= 0.3 is 0 Å². The van der Waals surface area contributed by atoms with Crippen molar-refractivity contribution in [3.63, 3.8) is 0 Å². The molecule has 0 bridgehead atoms. The highest BCUT2D eigenvalue weighted by atomic mass is 16.5. The Labute approximate surface area is 116 Å². The van der Waals surface area contributed by atoms with Gasteiger partial charge in [0, 0.05) is 12.7 Å². The second-order valence-electron chi connectivity index (χ2n) is 4.87. The zero-order chi connectivity index (χ0) is 13.9. The predicted octanol–water partition coefficient (Wildman–Crippen LogP) is 2.23. The van der Waals surface area contributed by atoms with Gasteiger partial charge in [-0.15, -0.1) is 0 Å². The van der Waals surface area contributed by atoms with Gasteiger partial charge in [-0.25, -0.2) is 0 Å². The molecule has 1 aliphatic rings. The minimum absolute atomic E-state index is 0.0474. The van der Waals surface area contributed by atoms with Gasteiger partial charge < -0.3 is 19.0 Å².